The first-order chi connectivity index (χ1) is 7.70. The van der Waals surface area contributed by atoms with Crippen molar-refractivity contribution >= 4 is 17.7 Å². The van der Waals surface area contributed by atoms with E-state index >= 15 is 0 Å². The highest BCUT2D eigenvalue weighted by Gasteiger charge is 2.33. The molecule has 0 unspecified atom stereocenters. The first-order valence-corrected chi connectivity index (χ1v) is 7.65. The van der Waals surface area contributed by atoms with Crippen molar-refractivity contribution in [1.82, 2.24) is 4.90 Å². The quantitative estimate of drug-likeness (QED) is 0.709. The van der Waals surface area contributed by atoms with Crippen LogP contribution in [-0.2, 0) is 4.79 Å². The number of thioether (sulfide) groups is 1. The maximum absolute atomic E-state index is 12.1. The third kappa shape index (κ3) is 4.34. The fraction of sp³-hybridized carbons (Fsp3) is 0.917. The Labute approximate surface area is 103 Å². The van der Waals surface area contributed by atoms with E-state index in [2.05, 4.69) is 6.92 Å². The van der Waals surface area contributed by atoms with Crippen molar-refractivity contribution in [2.45, 2.75) is 51.1 Å². The lowest BCUT2D eigenvalue weighted by Crippen LogP contribution is -2.45. The van der Waals surface area contributed by atoms with Crippen LogP contribution >= 0.6 is 11.8 Å². The first-order valence-electron chi connectivity index (χ1n) is 6.25. The molecule has 0 spiro atoms. The van der Waals surface area contributed by atoms with Gasteiger partial charge in [0.2, 0.25) is 5.91 Å². The summed E-state index contributed by atoms with van der Waals surface area (Å²) in [6.45, 7) is 3.05. The minimum Gasteiger partial charge on any atom is -0.338 e. The van der Waals surface area contributed by atoms with Crippen LogP contribution in [0.1, 0.15) is 39.0 Å². The molecule has 1 aliphatic rings. The van der Waals surface area contributed by atoms with Crippen LogP contribution in [0.25, 0.3) is 0 Å². The van der Waals surface area contributed by atoms with Crippen LogP contribution in [0.4, 0.5) is 0 Å². The average Bonchev–Trinajstić information content (AvgIpc) is 3.10. The van der Waals surface area contributed by atoms with Crippen molar-refractivity contribution in [3.63, 3.8) is 0 Å². The second-order valence-electron chi connectivity index (χ2n) is 4.50. The zero-order valence-electron chi connectivity index (χ0n) is 10.4. The Kier molecular flexibility index (Phi) is 6.21. The third-order valence-electron chi connectivity index (χ3n) is 2.97. The van der Waals surface area contributed by atoms with Gasteiger partial charge in [-0.3, -0.25) is 4.79 Å². The summed E-state index contributed by atoms with van der Waals surface area (Å²) in [6, 6.07) is 0.212. The average molecular weight is 244 g/mol. The van der Waals surface area contributed by atoms with Crippen LogP contribution in [-0.4, -0.2) is 41.4 Å². The smallest absolute Gasteiger partial charge is 0.239 e. The van der Waals surface area contributed by atoms with Crippen LogP contribution < -0.4 is 5.73 Å². The van der Waals surface area contributed by atoms with Gasteiger partial charge in [-0.15, -0.1) is 0 Å². The topological polar surface area (TPSA) is 46.3 Å². The van der Waals surface area contributed by atoms with Gasteiger partial charge in [-0.05, 0) is 37.7 Å². The molecule has 1 rings (SSSR count). The molecule has 0 aromatic rings. The molecule has 0 aromatic carbocycles. The summed E-state index contributed by atoms with van der Waals surface area (Å²) in [5.74, 6) is 1.14. The number of hydrogen-bond donors (Lipinski definition) is 1. The second-order valence-corrected chi connectivity index (χ2v) is 5.49. The molecular formula is C12H24N2OS. The maximum Gasteiger partial charge on any atom is 0.239 e. The monoisotopic (exact) mass is 244 g/mol. The van der Waals surface area contributed by atoms with Crippen LogP contribution in [0.2, 0.25) is 0 Å². The summed E-state index contributed by atoms with van der Waals surface area (Å²) in [4.78, 5) is 14.2. The molecule has 1 fully saturated rings. The van der Waals surface area contributed by atoms with Gasteiger partial charge < -0.3 is 10.6 Å². The van der Waals surface area contributed by atoms with E-state index in [0.717, 1.165) is 31.6 Å². The van der Waals surface area contributed by atoms with E-state index in [4.69, 9.17) is 5.73 Å². The number of unbranched alkanes of at least 4 members (excludes halogenated alkanes) is 1. The molecule has 2 N–H and O–H groups in total. The maximum atomic E-state index is 12.1. The van der Waals surface area contributed by atoms with Crippen molar-refractivity contribution < 1.29 is 4.79 Å². The van der Waals surface area contributed by atoms with Crippen LogP contribution in [0.15, 0.2) is 0 Å². The molecule has 0 heterocycles. The van der Waals surface area contributed by atoms with E-state index in [1.54, 1.807) is 11.8 Å². The third-order valence-corrected chi connectivity index (χ3v) is 3.62. The molecule has 1 amide bonds. The molecule has 0 radical (unpaired) electrons. The van der Waals surface area contributed by atoms with Gasteiger partial charge in [0, 0.05) is 12.6 Å². The Morgan fingerprint density at radius 2 is 2.25 bits per heavy atom. The number of hydrogen-bond acceptors (Lipinski definition) is 3. The summed E-state index contributed by atoms with van der Waals surface area (Å²) >= 11 is 1.75. The van der Waals surface area contributed by atoms with Crippen LogP contribution in [0.3, 0.4) is 0 Å². The molecule has 0 aromatic heterocycles. The van der Waals surface area contributed by atoms with Crippen molar-refractivity contribution in [3.05, 3.63) is 0 Å². The standard InChI is InChI=1S/C12H24N2OS/c1-3-4-8-14(10-5-6-10)12(15)11(13)7-9-16-2/h10-11H,3-9,13H2,1-2H3/t11-/m1/s1. The number of nitrogens with zero attached hydrogens (tertiary/aromatic N) is 1. The van der Waals surface area contributed by atoms with Gasteiger partial charge in [-0.1, -0.05) is 13.3 Å². The zero-order chi connectivity index (χ0) is 12.0. The van der Waals surface area contributed by atoms with Gasteiger partial charge >= 0.3 is 0 Å². The highest BCUT2D eigenvalue weighted by molar-refractivity contribution is 7.98. The summed E-state index contributed by atoms with van der Waals surface area (Å²) < 4.78 is 0. The fourth-order valence-corrected chi connectivity index (χ4v) is 2.26. The molecule has 16 heavy (non-hydrogen) atoms. The molecule has 0 aliphatic heterocycles. The highest BCUT2D eigenvalue weighted by atomic mass is 32.2. The predicted molar refractivity (Wildman–Crippen MR) is 70.6 cm³/mol. The number of amides is 1. The first kappa shape index (κ1) is 13.8. The number of carbonyl (C=O) groups is 1. The van der Waals surface area contributed by atoms with Crippen molar-refractivity contribution in [1.29, 1.82) is 0 Å². The van der Waals surface area contributed by atoms with E-state index in [1.165, 1.54) is 12.8 Å². The Morgan fingerprint density at radius 3 is 2.75 bits per heavy atom. The Hall–Kier alpha value is -0.220. The minimum absolute atomic E-state index is 0.171. The lowest BCUT2D eigenvalue weighted by atomic mass is 10.2. The second kappa shape index (κ2) is 7.17. The van der Waals surface area contributed by atoms with Crippen LogP contribution in [0, 0.1) is 0 Å². The van der Waals surface area contributed by atoms with E-state index in [1.807, 2.05) is 11.2 Å². The molecular weight excluding hydrogens is 220 g/mol. The lowest BCUT2D eigenvalue weighted by Gasteiger charge is -2.25. The summed E-state index contributed by atoms with van der Waals surface area (Å²) in [5, 5.41) is 0. The normalized spacial score (nSPS) is 17.2. The molecule has 1 saturated carbocycles. The molecule has 0 saturated heterocycles. The van der Waals surface area contributed by atoms with Gasteiger partial charge in [0.1, 0.15) is 0 Å². The molecule has 94 valence electrons. The van der Waals surface area contributed by atoms with Gasteiger partial charge in [-0.2, -0.15) is 11.8 Å². The molecule has 4 heteroatoms. The number of nitrogens with two attached hydrogens (primary N) is 1. The van der Waals surface area contributed by atoms with Gasteiger partial charge in [0.15, 0.2) is 0 Å². The summed E-state index contributed by atoms with van der Waals surface area (Å²) in [6.07, 6.45) is 7.42. The molecule has 1 atom stereocenters. The van der Waals surface area contributed by atoms with Crippen molar-refractivity contribution in [3.8, 4) is 0 Å². The van der Waals surface area contributed by atoms with Crippen molar-refractivity contribution in [2.75, 3.05) is 18.6 Å². The fourth-order valence-electron chi connectivity index (χ4n) is 1.77. The number of carbonyl (C=O) groups excluding carboxylic acids is 1. The zero-order valence-corrected chi connectivity index (χ0v) is 11.3. The van der Waals surface area contributed by atoms with Crippen molar-refractivity contribution in [2.24, 2.45) is 5.73 Å². The SMILES string of the molecule is CCCCN(C(=O)[C@H](N)CCSC)C1CC1. The highest BCUT2D eigenvalue weighted by Crippen LogP contribution is 2.27. The van der Waals surface area contributed by atoms with E-state index in [-0.39, 0.29) is 11.9 Å². The molecule has 0 bridgehead atoms. The predicted octanol–water partition coefficient (Wildman–Crippen LogP) is 1.86. The van der Waals surface area contributed by atoms with Gasteiger partial charge in [-0.25, -0.2) is 0 Å². The number of rotatable bonds is 8. The van der Waals surface area contributed by atoms with E-state index < -0.39 is 0 Å². The van der Waals surface area contributed by atoms with Gasteiger partial charge in [0.05, 0.1) is 6.04 Å². The summed E-state index contributed by atoms with van der Waals surface area (Å²) in [5.41, 5.74) is 5.94. The Balaban J connectivity index is 2.39. The Bertz CT molecular complexity index is 219. The lowest BCUT2D eigenvalue weighted by molar-refractivity contribution is -0.133. The Morgan fingerprint density at radius 1 is 1.56 bits per heavy atom. The molecule has 3 nitrogen and oxygen atoms in total. The van der Waals surface area contributed by atoms with E-state index in [9.17, 15) is 4.79 Å². The van der Waals surface area contributed by atoms with Crippen LogP contribution in [0.5, 0.6) is 0 Å². The minimum atomic E-state index is -0.287. The summed E-state index contributed by atoms with van der Waals surface area (Å²) in [7, 11) is 0. The largest absolute Gasteiger partial charge is 0.338 e. The van der Waals surface area contributed by atoms with E-state index in [0.29, 0.717) is 6.04 Å². The molecule has 1 aliphatic carbocycles. The van der Waals surface area contributed by atoms with Gasteiger partial charge in [0.25, 0.3) is 0 Å².